The van der Waals surface area contributed by atoms with Gasteiger partial charge in [-0.05, 0) is 49.2 Å². The summed E-state index contributed by atoms with van der Waals surface area (Å²) < 4.78 is 5.86. The van der Waals surface area contributed by atoms with Crippen molar-refractivity contribution in [1.82, 2.24) is 0 Å². The minimum Gasteiger partial charge on any atom is -0.489 e. The number of benzene rings is 3. The first-order valence-electron chi connectivity index (χ1n) is 8.19. The molecule has 0 saturated heterocycles. The highest BCUT2D eigenvalue weighted by molar-refractivity contribution is 6.31. The molecule has 0 aliphatic rings. The van der Waals surface area contributed by atoms with Crippen LogP contribution in [0.2, 0.25) is 5.02 Å². The van der Waals surface area contributed by atoms with E-state index in [2.05, 4.69) is 31.0 Å². The van der Waals surface area contributed by atoms with Gasteiger partial charge in [-0.2, -0.15) is 0 Å². The van der Waals surface area contributed by atoms with Crippen molar-refractivity contribution in [1.29, 1.82) is 0 Å². The van der Waals surface area contributed by atoms with Crippen LogP contribution >= 0.6 is 11.6 Å². The Kier molecular flexibility index (Phi) is 5.52. The van der Waals surface area contributed by atoms with Crippen molar-refractivity contribution in [3.05, 3.63) is 94.0 Å². The molecule has 0 atom stereocenters. The zero-order valence-corrected chi connectivity index (χ0v) is 15.1. The molecule has 25 heavy (non-hydrogen) atoms. The van der Waals surface area contributed by atoms with Gasteiger partial charge < -0.3 is 4.74 Å². The summed E-state index contributed by atoms with van der Waals surface area (Å²) in [6.45, 7) is 4.60. The van der Waals surface area contributed by atoms with Crippen LogP contribution in [0.4, 0.5) is 5.69 Å². The second kappa shape index (κ2) is 8.00. The summed E-state index contributed by atoms with van der Waals surface area (Å²) in [5.74, 6) is 0.796. The quantitative estimate of drug-likeness (QED) is 0.496. The normalized spacial score (nSPS) is 11.0. The van der Waals surface area contributed by atoms with Crippen LogP contribution in [0.3, 0.4) is 0 Å². The second-order valence-electron chi connectivity index (χ2n) is 6.00. The molecule has 0 N–H and O–H groups in total. The highest BCUT2D eigenvalue weighted by Crippen LogP contribution is 2.21. The molecular weight excluding hydrogens is 330 g/mol. The molecule has 0 bridgehead atoms. The number of halogens is 1. The second-order valence-corrected chi connectivity index (χ2v) is 6.41. The highest BCUT2D eigenvalue weighted by Gasteiger charge is 2.01. The molecule has 3 aromatic rings. The number of aliphatic imine (C=N–C) groups is 1. The predicted molar refractivity (Wildman–Crippen MR) is 105 cm³/mol. The Morgan fingerprint density at radius 1 is 0.960 bits per heavy atom. The molecule has 3 rings (SSSR count). The van der Waals surface area contributed by atoms with E-state index in [1.54, 1.807) is 0 Å². The van der Waals surface area contributed by atoms with Crippen molar-refractivity contribution in [2.75, 3.05) is 0 Å². The summed E-state index contributed by atoms with van der Waals surface area (Å²) >= 11 is 6.16. The average Bonchev–Trinajstić information content (AvgIpc) is 2.61. The molecule has 0 amide bonds. The van der Waals surface area contributed by atoms with Gasteiger partial charge in [0.2, 0.25) is 0 Å². The van der Waals surface area contributed by atoms with Crippen LogP contribution in [-0.4, -0.2) is 6.21 Å². The molecule has 0 heterocycles. The maximum atomic E-state index is 6.16. The first-order chi connectivity index (χ1) is 12.1. The highest BCUT2D eigenvalue weighted by atomic mass is 35.5. The fourth-order valence-corrected chi connectivity index (χ4v) is 2.75. The van der Waals surface area contributed by atoms with E-state index in [0.29, 0.717) is 6.61 Å². The van der Waals surface area contributed by atoms with Crippen LogP contribution < -0.4 is 4.74 Å². The maximum Gasteiger partial charge on any atom is 0.120 e. The lowest BCUT2D eigenvalue weighted by Crippen LogP contribution is -1.96. The van der Waals surface area contributed by atoms with Crippen LogP contribution in [0.25, 0.3) is 0 Å². The zero-order valence-electron chi connectivity index (χ0n) is 14.4. The lowest BCUT2D eigenvalue weighted by molar-refractivity contribution is 0.306. The van der Waals surface area contributed by atoms with E-state index in [0.717, 1.165) is 27.6 Å². The number of hydrogen-bond donors (Lipinski definition) is 0. The summed E-state index contributed by atoms with van der Waals surface area (Å²) in [7, 11) is 0. The van der Waals surface area contributed by atoms with Crippen molar-refractivity contribution < 1.29 is 4.74 Å². The third-order valence-electron chi connectivity index (χ3n) is 3.92. The van der Waals surface area contributed by atoms with Crippen LogP contribution in [0.15, 0.2) is 71.7 Å². The third-order valence-corrected chi connectivity index (χ3v) is 4.28. The number of nitrogens with zero attached hydrogens (tertiary/aromatic N) is 1. The first-order valence-corrected chi connectivity index (χ1v) is 8.57. The Morgan fingerprint density at radius 2 is 1.80 bits per heavy atom. The van der Waals surface area contributed by atoms with E-state index < -0.39 is 0 Å². The van der Waals surface area contributed by atoms with Crippen LogP contribution in [0.1, 0.15) is 22.3 Å². The largest absolute Gasteiger partial charge is 0.489 e. The summed E-state index contributed by atoms with van der Waals surface area (Å²) in [4.78, 5) is 4.59. The molecule has 0 aromatic heterocycles. The monoisotopic (exact) mass is 349 g/mol. The van der Waals surface area contributed by atoms with E-state index in [1.165, 1.54) is 11.1 Å². The SMILES string of the molecule is Cc1ccc(N=Cc2cccc(OCc3ccccc3Cl)c2)c(C)c1. The smallest absolute Gasteiger partial charge is 0.120 e. The van der Waals surface area contributed by atoms with Crippen LogP contribution in [0.5, 0.6) is 5.75 Å². The van der Waals surface area contributed by atoms with Gasteiger partial charge in [-0.3, -0.25) is 4.99 Å². The topological polar surface area (TPSA) is 21.6 Å². The minimum atomic E-state index is 0.442. The predicted octanol–water partition coefficient (Wildman–Crippen LogP) is 6.29. The first kappa shape index (κ1) is 17.2. The molecule has 0 saturated carbocycles. The number of rotatable bonds is 5. The van der Waals surface area contributed by atoms with Gasteiger partial charge in [0.15, 0.2) is 0 Å². The van der Waals surface area contributed by atoms with E-state index in [4.69, 9.17) is 16.3 Å². The van der Waals surface area contributed by atoms with E-state index in [9.17, 15) is 0 Å². The molecule has 0 fully saturated rings. The van der Waals surface area contributed by atoms with E-state index >= 15 is 0 Å². The fourth-order valence-electron chi connectivity index (χ4n) is 2.56. The molecule has 3 aromatic carbocycles. The summed E-state index contributed by atoms with van der Waals surface area (Å²) in [6, 6.07) is 21.8. The van der Waals surface area contributed by atoms with Gasteiger partial charge in [0, 0.05) is 16.8 Å². The van der Waals surface area contributed by atoms with Crippen molar-refractivity contribution in [2.24, 2.45) is 4.99 Å². The van der Waals surface area contributed by atoms with Gasteiger partial charge in [0.1, 0.15) is 12.4 Å². The van der Waals surface area contributed by atoms with Gasteiger partial charge in [0.25, 0.3) is 0 Å². The zero-order chi connectivity index (χ0) is 17.6. The fraction of sp³-hybridized carbons (Fsp3) is 0.136. The lowest BCUT2D eigenvalue weighted by Gasteiger charge is -2.08. The maximum absolute atomic E-state index is 6.16. The number of ether oxygens (including phenoxy) is 1. The summed E-state index contributed by atoms with van der Waals surface area (Å²) in [5, 5.41) is 0.718. The number of aryl methyl sites for hydroxylation is 2. The molecular formula is C22H20ClNO. The van der Waals surface area contributed by atoms with Gasteiger partial charge in [-0.25, -0.2) is 0 Å². The summed E-state index contributed by atoms with van der Waals surface area (Å²) in [5.41, 5.74) is 5.36. The van der Waals surface area contributed by atoms with Crippen molar-refractivity contribution in [2.45, 2.75) is 20.5 Å². The lowest BCUT2D eigenvalue weighted by atomic mass is 10.1. The van der Waals surface area contributed by atoms with Crippen molar-refractivity contribution in [3.63, 3.8) is 0 Å². The van der Waals surface area contributed by atoms with E-state index in [1.807, 2.05) is 60.8 Å². The molecule has 0 spiro atoms. The Hall–Kier alpha value is -2.58. The van der Waals surface area contributed by atoms with Gasteiger partial charge in [0.05, 0.1) is 5.69 Å². The Balaban J connectivity index is 1.71. The Bertz CT molecular complexity index is 902. The van der Waals surface area contributed by atoms with Crippen molar-refractivity contribution in [3.8, 4) is 5.75 Å². The van der Waals surface area contributed by atoms with E-state index in [-0.39, 0.29) is 0 Å². The molecule has 2 nitrogen and oxygen atoms in total. The molecule has 126 valence electrons. The Labute approximate surface area is 153 Å². The number of hydrogen-bond acceptors (Lipinski definition) is 2. The summed E-state index contributed by atoms with van der Waals surface area (Å²) in [6.07, 6.45) is 1.86. The van der Waals surface area contributed by atoms with Gasteiger partial charge in [-0.15, -0.1) is 0 Å². The molecule has 0 radical (unpaired) electrons. The van der Waals surface area contributed by atoms with Crippen molar-refractivity contribution >= 4 is 23.5 Å². The third kappa shape index (κ3) is 4.71. The molecule has 0 unspecified atom stereocenters. The average molecular weight is 350 g/mol. The molecule has 0 aliphatic carbocycles. The van der Waals surface area contributed by atoms with Gasteiger partial charge in [-0.1, -0.05) is 59.6 Å². The molecule has 3 heteroatoms. The standard InChI is InChI=1S/C22H20ClNO/c1-16-10-11-22(17(2)12-16)24-14-18-6-5-8-20(13-18)25-15-19-7-3-4-9-21(19)23/h3-14H,15H2,1-2H3. The van der Waals surface area contributed by atoms with Crippen LogP contribution in [-0.2, 0) is 6.61 Å². The minimum absolute atomic E-state index is 0.442. The van der Waals surface area contributed by atoms with Crippen LogP contribution in [0, 0.1) is 13.8 Å². The molecule has 0 aliphatic heterocycles. The Morgan fingerprint density at radius 3 is 2.60 bits per heavy atom. The van der Waals surface area contributed by atoms with Gasteiger partial charge >= 0.3 is 0 Å².